The number of carbonyl (C=O) groups excluding carboxylic acids is 1. The molecule has 1 aromatic heterocycles. The maximum Gasteiger partial charge on any atom is 0.270 e. The van der Waals surface area contributed by atoms with Crippen molar-refractivity contribution in [2.75, 3.05) is 45.2 Å². The van der Waals surface area contributed by atoms with E-state index in [1.165, 1.54) is 11.8 Å². The maximum absolute atomic E-state index is 13.4. The molecule has 1 amide bonds. The van der Waals surface area contributed by atoms with Crippen molar-refractivity contribution in [3.63, 3.8) is 0 Å². The number of nitriles is 1. The summed E-state index contributed by atoms with van der Waals surface area (Å²) in [6.45, 7) is 7.68. The van der Waals surface area contributed by atoms with Crippen molar-refractivity contribution in [2.45, 2.75) is 26.9 Å². The maximum atomic E-state index is 13.4. The molecule has 4 rings (SSSR count). The Kier molecular flexibility index (Phi) is 7.83. The number of rotatable bonds is 6. The van der Waals surface area contributed by atoms with Crippen LogP contribution in [-0.2, 0) is 17.9 Å². The normalized spacial score (nSPS) is 17.7. The predicted molar refractivity (Wildman–Crippen MR) is 147 cm³/mol. The number of hydrogen-bond acceptors (Lipinski definition) is 8. The van der Waals surface area contributed by atoms with Gasteiger partial charge in [-0.15, -0.1) is 0 Å². The van der Waals surface area contributed by atoms with Crippen LogP contribution in [0.3, 0.4) is 0 Å². The molecule has 3 heterocycles. The molecule has 0 unspecified atom stereocenters. The lowest BCUT2D eigenvalue weighted by molar-refractivity contribution is -0.122. The van der Waals surface area contributed by atoms with Gasteiger partial charge < -0.3 is 14.5 Å². The highest BCUT2D eigenvalue weighted by molar-refractivity contribution is 8.26. The van der Waals surface area contributed by atoms with Crippen molar-refractivity contribution < 1.29 is 9.53 Å². The molecule has 8 nitrogen and oxygen atoms in total. The Bertz CT molecular complexity index is 1320. The van der Waals surface area contributed by atoms with E-state index in [0.29, 0.717) is 27.9 Å². The van der Waals surface area contributed by atoms with Crippen LogP contribution in [0.25, 0.3) is 6.08 Å². The number of carbonyl (C=O) groups is 1. The van der Waals surface area contributed by atoms with Crippen molar-refractivity contribution in [2.24, 2.45) is 0 Å². The fraction of sp³-hybridized carbons (Fsp3) is 0.385. The van der Waals surface area contributed by atoms with E-state index in [0.717, 1.165) is 48.9 Å². The molecule has 0 saturated carbocycles. The highest BCUT2D eigenvalue weighted by Gasteiger charge is 2.33. The Morgan fingerprint density at radius 1 is 1.17 bits per heavy atom. The summed E-state index contributed by atoms with van der Waals surface area (Å²) in [7, 11) is 3.68. The molecule has 0 N–H and O–H groups in total. The second-order valence-corrected chi connectivity index (χ2v) is 10.5. The Balaban J connectivity index is 1.76. The minimum Gasteiger partial charge on any atom is -0.497 e. The molecule has 188 valence electrons. The van der Waals surface area contributed by atoms with E-state index in [-0.39, 0.29) is 17.0 Å². The number of pyridine rings is 1. The monoisotopic (exact) mass is 523 g/mol. The Morgan fingerprint density at radius 3 is 2.42 bits per heavy atom. The fourth-order valence-electron chi connectivity index (χ4n) is 4.48. The summed E-state index contributed by atoms with van der Waals surface area (Å²) in [5.41, 5.74) is 2.06. The molecule has 0 bridgehead atoms. The van der Waals surface area contributed by atoms with Crippen LogP contribution in [0.4, 0.5) is 5.82 Å². The Morgan fingerprint density at radius 2 is 1.83 bits per heavy atom. The molecule has 2 aliphatic heterocycles. The lowest BCUT2D eigenvalue weighted by atomic mass is 10.0. The van der Waals surface area contributed by atoms with E-state index in [2.05, 4.69) is 22.9 Å². The average molecular weight is 524 g/mol. The van der Waals surface area contributed by atoms with Gasteiger partial charge in [0.15, 0.2) is 0 Å². The first-order valence-electron chi connectivity index (χ1n) is 11.8. The first-order valence-corrected chi connectivity index (χ1v) is 13.0. The molecular formula is C26H29N5O3S2. The number of nitrogens with zero attached hydrogens (tertiary/aromatic N) is 5. The van der Waals surface area contributed by atoms with E-state index in [4.69, 9.17) is 17.0 Å². The van der Waals surface area contributed by atoms with Crippen LogP contribution in [-0.4, -0.2) is 64.9 Å². The molecule has 2 saturated heterocycles. The molecule has 0 atom stereocenters. The first-order chi connectivity index (χ1) is 17.3. The Hall–Kier alpha value is -3.13. The van der Waals surface area contributed by atoms with Crippen LogP contribution in [0.1, 0.15) is 29.2 Å². The second-order valence-electron chi connectivity index (χ2n) is 8.80. The smallest absolute Gasteiger partial charge is 0.270 e. The molecule has 2 fully saturated rings. The van der Waals surface area contributed by atoms with E-state index >= 15 is 0 Å². The largest absolute Gasteiger partial charge is 0.497 e. The minimum atomic E-state index is -0.296. The van der Waals surface area contributed by atoms with Crippen molar-refractivity contribution >= 4 is 46.1 Å². The molecule has 0 radical (unpaired) electrons. The van der Waals surface area contributed by atoms with Crippen molar-refractivity contribution in [3.05, 3.63) is 61.8 Å². The number of piperazine rings is 1. The number of amides is 1. The van der Waals surface area contributed by atoms with Crippen LogP contribution >= 0.6 is 24.0 Å². The molecule has 36 heavy (non-hydrogen) atoms. The van der Waals surface area contributed by atoms with Gasteiger partial charge in [-0.2, -0.15) is 5.26 Å². The van der Waals surface area contributed by atoms with Gasteiger partial charge in [-0.3, -0.25) is 19.1 Å². The highest BCUT2D eigenvalue weighted by atomic mass is 32.2. The number of benzene rings is 1. The van der Waals surface area contributed by atoms with Gasteiger partial charge in [0.05, 0.1) is 18.6 Å². The number of aromatic nitrogens is 1. The van der Waals surface area contributed by atoms with Crippen molar-refractivity contribution in [1.82, 2.24) is 14.4 Å². The van der Waals surface area contributed by atoms with E-state index in [1.807, 2.05) is 37.3 Å². The minimum absolute atomic E-state index is 0.106. The summed E-state index contributed by atoms with van der Waals surface area (Å²) >= 11 is 6.81. The molecule has 0 aliphatic carbocycles. The average Bonchev–Trinajstić information content (AvgIpc) is 3.14. The molecule has 1 aromatic carbocycles. The van der Waals surface area contributed by atoms with Crippen LogP contribution < -0.4 is 15.2 Å². The fourth-order valence-corrected chi connectivity index (χ4v) is 5.71. The van der Waals surface area contributed by atoms with Gasteiger partial charge in [-0.25, -0.2) is 0 Å². The summed E-state index contributed by atoms with van der Waals surface area (Å²) in [4.78, 5) is 33.1. The third-order valence-electron chi connectivity index (χ3n) is 6.61. The summed E-state index contributed by atoms with van der Waals surface area (Å²) in [6.07, 6.45) is 1.81. The van der Waals surface area contributed by atoms with Crippen LogP contribution in [0, 0.1) is 18.3 Å². The van der Waals surface area contributed by atoms with E-state index in [9.17, 15) is 14.9 Å². The predicted octanol–water partition coefficient (Wildman–Crippen LogP) is 3.21. The van der Waals surface area contributed by atoms with Crippen molar-refractivity contribution in [1.29, 1.82) is 5.26 Å². The van der Waals surface area contributed by atoms with Gasteiger partial charge >= 0.3 is 0 Å². The van der Waals surface area contributed by atoms with Crippen LogP contribution in [0.15, 0.2) is 34.0 Å². The van der Waals surface area contributed by atoms with Crippen molar-refractivity contribution in [3.8, 4) is 11.8 Å². The third kappa shape index (κ3) is 4.91. The van der Waals surface area contributed by atoms with Gasteiger partial charge in [0.1, 0.15) is 27.5 Å². The topological polar surface area (TPSA) is 81.8 Å². The van der Waals surface area contributed by atoms with Gasteiger partial charge in [0.25, 0.3) is 11.5 Å². The summed E-state index contributed by atoms with van der Waals surface area (Å²) in [6, 6.07) is 9.61. The number of thiocarbonyl (C=S) groups is 1. The zero-order chi connectivity index (χ0) is 26.0. The first kappa shape index (κ1) is 25.9. The number of hydrogen-bond donors (Lipinski definition) is 0. The van der Waals surface area contributed by atoms with Crippen LogP contribution in [0.2, 0.25) is 0 Å². The van der Waals surface area contributed by atoms with Gasteiger partial charge in [0, 0.05) is 38.3 Å². The third-order valence-corrected chi connectivity index (χ3v) is 7.99. The zero-order valence-electron chi connectivity index (χ0n) is 20.9. The standard InChI is InChI=1S/C26H29N5O3S2/c1-5-30-23(29-12-10-28(3)11-13-29)20(17(2)21(15-27)24(30)32)14-22-25(33)31(26(35)36-22)16-18-6-8-19(34-4)9-7-18/h6-9,14H,5,10-13,16H2,1-4H3/b22-14-. The van der Waals surface area contributed by atoms with E-state index < -0.39 is 0 Å². The summed E-state index contributed by atoms with van der Waals surface area (Å²) < 4.78 is 7.35. The number of anilines is 1. The number of likely N-dealkylation sites (N-methyl/N-ethyl adjacent to an activating group) is 1. The summed E-state index contributed by atoms with van der Waals surface area (Å²) in [5.74, 6) is 1.32. The number of thioether (sulfide) groups is 1. The Labute approximate surface area is 220 Å². The lowest BCUT2D eigenvalue weighted by Gasteiger charge is -2.36. The zero-order valence-corrected chi connectivity index (χ0v) is 22.5. The second kappa shape index (κ2) is 10.9. The van der Waals surface area contributed by atoms with Gasteiger partial charge in [-0.05, 0) is 50.2 Å². The number of ether oxygens (including phenoxy) is 1. The molecule has 2 aliphatic rings. The SMILES string of the molecule is CCn1c(N2CCN(C)CC2)c(/C=C2\SC(=S)N(Cc3ccc(OC)cc3)C2=O)c(C)c(C#N)c1=O. The molecular weight excluding hydrogens is 494 g/mol. The van der Waals surface area contributed by atoms with Gasteiger partial charge in [-0.1, -0.05) is 36.1 Å². The van der Waals surface area contributed by atoms with Crippen LogP contribution in [0.5, 0.6) is 5.75 Å². The molecule has 2 aromatic rings. The van der Waals surface area contributed by atoms with Gasteiger partial charge in [0.2, 0.25) is 0 Å². The lowest BCUT2D eigenvalue weighted by Crippen LogP contribution is -2.47. The molecule has 0 spiro atoms. The number of methoxy groups -OCH3 is 1. The molecule has 10 heteroatoms. The quantitative estimate of drug-likeness (QED) is 0.422. The van der Waals surface area contributed by atoms with E-state index in [1.54, 1.807) is 23.5 Å². The highest BCUT2D eigenvalue weighted by Crippen LogP contribution is 2.36. The summed E-state index contributed by atoms with van der Waals surface area (Å²) in [5, 5.41) is 9.76.